The molecule has 0 radical (unpaired) electrons. The quantitative estimate of drug-likeness (QED) is 0.297. The molecule has 0 fully saturated rings. The summed E-state index contributed by atoms with van der Waals surface area (Å²) in [6.45, 7) is 2.78. The number of anilines is 3. The molecule has 2 aromatic carbocycles. The van der Waals surface area contributed by atoms with Crippen molar-refractivity contribution in [2.45, 2.75) is 13.3 Å². The van der Waals surface area contributed by atoms with Gasteiger partial charge < -0.3 is 25.3 Å². The summed E-state index contributed by atoms with van der Waals surface area (Å²) in [6.07, 6.45) is 4.65. The number of H-pyrrole nitrogens is 2. The highest BCUT2D eigenvalue weighted by molar-refractivity contribution is 5.85. The van der Waals surface area contributed by atoms with Gasteiger partial charge in [0.25, 0.3) is 0 Å². The fourth-order valence-electron chi connectivity index (χ4n) is 3.82. The van der Waals surface area contributed by atoms with Crippen molar-refractivity contribution in [2.75, 3.05) is 24.3 Å². The zero-order valence-corrected chi connectivity index (χ0v) is 17.5. The SMILES string of the molecule is COc1ccc2[nH]cc(CCNc3nccc(Nc4ccc5[nH]c(C)cc5c4)n3)c2c1. The average Bonchev–Trinajstić information content (AvgIpc) is 3.35. The van der Waals surface area contributed by atoms with Gasteiger partial charge in [0.2, 0.25) is 5.95 Å². The van der Waals surface area contributed by atoms with Crippen LogP contribution in [0.1, 0.15) is 11.3 Å². The topological polar surface area (TPSA) is 90.6 Å². The molecule has 7 heteroatoms. The normalized spacial score (nSPS) is 11.2. The number of nitrogens with one attached hydrogen (secondary N) is 4. The number of benzene rings is 2. The molecule has 0 spiro atoms. The van der Waals surface area contributed by atoms with Crippen LogP contribution in [0, 0.1) is 6.92 Å². The van der Waals surface area contributed by atoms with Crippen molar-refractivity contribution >= 4 is 39.3 Å². The Morgan fingerprint density at radius 3 is 2.84 bits per heavy atom. The molecule has 4 N–H and O–H groups in total. The van der Waals surface area contributed by atoms with Crippen LogP contribution in [0.3, 0.4) is 0 Å². The zero-order chi connectivity index (χ0) is 21.2. The molecule has 3 aromatic heterocycles. The lowest BCUT2D eigenvalue weighted by Gasteiger charge is -2.09. The standard InChI is InChI=1S/C24H24N6O/c1-15-11-17-12-18(3-5-21(17)28-15)29-23-8-10-26-24(30-23)25-9-7-16-14-27-22-6-4-19(31-2)13-20(16)22/h3-6,8,10-14,27-28H,7,9H2,1-2H3,(H2,25,26,29,30). The zero-order valence-electron chi connectivity index (χ0n) is 17.5. The van der Waals surface area contributed by atoms with Gasteiger partial charge in [-0.3, -0.25) is 0 Å². The summed E-state index contributed by atoms with van der Waals surface area (Å²) < 4.78 is 5.35. The van der Waals surface area contributed by atoms with Gasteiger partial charge in [-0.1, -0.05) is 0 Å². The van der Waals surface area contributed by atoms with Gasteiger partial charge in [-0.15, -0.1) is 0 Å². The molecule has 3 heterocycles. The first-order valence-electron chi connectivity index (χ1n) is 10.3. The van der Waals surface area contributed by atoms with Crippen LogP contribution in [-0.2, 0) is 6.42 Å². The average molecular weight is 412 g/mol. The minimum atomic E-state index is 0.598. The maximum Gasteiger partial charge on any atom is 0.224 e. The Balaban J connectivity index is 1.25. The smallest absolute Gasteiger partial charge is 0.224 e. The number of aryl methyl sites for hydroxylation is 1. The lowest BCUT2D eigenvalue weighted by atomic mass is 10.1. The van der Waals surface area contributed by atoms with Gasteiger partial charge in [0.05, 0.1) is 7.11 Å². The van der Waals surface area contributed by atoms with Crippen molar-refractivity contribution in [1.29, 1.82) is 0 Å². The van der Waals surface area contributed by atoms with Crippen LogP contribution >= 0.6 is 0 Å². The van der Waals surface area contributed by atoms with Gasteiger partial charge in [-0.25, -0.2) is 4.98 Å². The molecule has 0 aliphatic heterocycles. The van der Waals surface area contributed by atoms with Crippen LogP contribution in [0.25, 0.3) is 21.8 Å². The number of aromatic nitrogens is 4. The number of fused-ring (bicyclic) bond motifs is 2. The van der Waals surface area contributed by atoms with Crippen LogP contribution in [0.4, 0.5) is 17.5 Å². The number of rotatable bonds is 7. The fraction of sp³-hybridized carbons (Fsp3) is 0.167. The van der Waals surface area contributed by atoms with Gasteiger partial charge in [0.1, 0.15) is 11.6 Å². The molecule has 0 saturated carbocycles. The summed E-state index contributed by atoms with van der Waals surface area (Å²) in [4.78, 5) is 15.6. The van der Waals surface area contributed by atoms with E-state index in [0.29, 0.717) is 5.95 Å². The number of methoxy groups -OCH3 is 1. The Bertz CT molecular complexity index is 1350. The second-order valence-electron chi connectivity index (χ2n) is 7.55. The summed E-state index contributed by atoms with van der Waals surface area (Å²) >= 11 is 0. The first-order valence-corrected chi connectivity index (χ1v) is 10.3. The van der Waals surface area contributed by atoms with Crippen molar-refractivity contribution in [2.24, 2.45) is 0 Å². The van der Waals surface area contributed by atoms with Crippen LogP contribution < -0.4 is 15.4 Å². The molecule has 156 valence electrons. The molecule has 7 nitrogen and oxygen atoms in total. The Morgan fingerprint density at radius 1 is 1.03 bits per heavy atom. The summed E-state index contributed by atoms with van der Waals surface area (Å²) in [5, 5.41) is 9.03. The van der Waals surface area contributed by atoms with Crippen molar-refractivity contribution in [3.63, 3.8) is 0 Å². The molecule has 5 aromatic rings. The maximum atomic E-state index is 5.35. The molecule has 0 bridgehead atoms. The number of aromatic amines is 2. The molecule has 0 aliphatic rings. The summed E-state index contributed by atoms with van der Waals surface area (Å²) in [6, 6.07) is 16.3. The Labute approximate surface area is 179 Å². The Morgan fingerprint density at radius 2 is 1.94 bits per heavy atom. The summed E-state index contributed by atoms with van der Waals surface area (Å²) in [5.41, 5.74) is 5.60. The van der Waals surface area contributed by atoms with E-state index in [9.17, 15) is 0 Å². The molecule has 0 saturated heterocycles. The van der Waals surface area contributed by atoms with E-state index in [1.807, 2.05) is 30.5 Å². The minimum absolute atomic E-state index is 0.598. The van der Waals surface area contributed by atoms with Gasteiger partial charge in [0.15, 0.2) is 0 Å². The largest absolute Gasteiger partial charge is 0.497 e. The lowest BCUT2D eigenvalue weighted by Crippen LogP contribution is -2.08. The second kappa shape index (κ2) is 8.02. The number of hydrogen-bond acceptors (Lipinski definition) is 5. The Kier molecular flexibility index (Phi) is 4.92. The van der Waals surface area contributed by atoms with Crippen molar-refractivity contribution in [3.05, 3.63) is 72.2 Å². The summed E-state index contributed by atoms with van der Waals surface area (Å²) in [7, 11) is 1.69. The number of hydrogen-bond donors (Lipinski definition) is 4. The first kappa shape index (κ1) is 19.0. The number of ether oxygens (including phenoxy) is 1. The van der Waals surface area contributed by atoms with Gasteiger partial charge in [-0.2, -0.15) is 4.98 Å². The third kappa shape index (κ3) is 4.02. The lowest BCUT2D eigenvalue weighted by molar-refractivity contribution is 0.415. The summed E-state index contributed by atoms with van der Waals surface area (Å²) in [5.74, 6) is 2.21. The minimum Gasteiger partial charge on any atom is -0.497 e. The molecular formula is C24H24N6O. The highest BCUT2D eigenvalue weighted by Gasteiger charge is 2.06. The van der Waals surface area contributed by atoms with E-state index in [0.717, 1.165) is 46.9 Å². The molecule has 31 heavy (non-hydrogen) atoms. The predicted molar refractivity (Wildman–Crippen MR) is 125 cm³/mol. The predicted octanol–water partition coefficient (Wildman–Crippen LogP) is 5.15. The molecule has 5 rings (SSSR count). The number of nitrogens with zero attached hydrogens (tertiary/aromatic N) is 2. The van der Waals surface area contributed by atoms with E-state index in [1.165, 1.54) is 16.3 Å². The van der Waals surface area contributed by atoms with E-state index >= 15 is 0 Å². The van der Waals surface area contributed by atoms with Crippen LogP contribution in [0.5, 0.6) is 5.75 Å². The highest BCUT2D eigenvalue weighted by Crippen LogP contribution is 2.24. The van der Waals surface area contributed by atoms with Crippen molar-refractivity contribution in [1.82, 2.24) is 19.9 Å². The molecule has 0 aliphatic carbocycles. The van der Waals surface area contributed by atoms with Gasteiger partial charge >= 0.3 is 0 Å². The van der Waals surface area contributed by atoms with E-state index in [4.69, 9.17) is 4.74 Å². The van der Waals surface area contributed by atoms with Gasteiger partial charge in [0, 0.05) is 52.1 Å². The van der Waals surface area contributed by atoms with E-state index < -0.39 is 0 Å². The monoisotopic (exact) mass is 412 g/mol. The third-order valence-electron chi connectivity index (χ3n) is 5.34. The molecular weight excluding hydrogens is 388 g/mol. The molecule has 0 amide bonds. The first-order chi connectivity index (χ1) is 15.2. The second-order valence-corrected chi connectivity index (χ2v) is 7.55. The van der Waals surface area contributed by atoms with Crippen LogP contribution in [0.15, 0.2) is 60.9 Å². The van der Waals surface area contributed by atoms with E-state index in [2.05, 4.69) is 61.8 Å². The van der Waals surface area contributed by atoms with Crippen molar-refractivity contribution in [3.8, 4) is 5.75 Å². The van der Waals surface area contributed by atoms with Crippen molar-refractivity contribution < 1.29 is 4.74 Å². The maximum absolute atomic E-state index is 5.35. The molecule has 0 atom stereocenters. The highest BCUT2D eigenvalue weighted by atomic mass is 16.5. The van der Waals surface area contributed by atoms with E-state index in [-0.39, 0.29) is 0 Å². The Hall–Kier alpha value is -4.00. The van der Waals surface area contributed by atoms with E-state index in [1.54, 1.807) is 13.3 Å². The van der Waals surface area contributed by atoms with Gasteiger partial charge in [-0.05, 0) is 67.4 Å². The third-order valence-corrected chi connectivity index (χ3v) is 5.34. The van der Waals surface area contributed by atoms with Crippen LogP contribution in [0.2, 0.25) is 0 Å². The fourth-order valence-corrected chi connectivity index (χ4v) is 3.82. The molecule has 0 unspecified atom stereocenters. The van der Waals surface area contributed by atoms with Crippen LogP contribution in [-0.4, -0.2) is 33.6 Å².